The van der Waals surface area contributed by atoms with Gasteiger partial charge in [0.15, 0.2) is 0 Å². The number of hydrogen-bond acceptors (Lipinski definition) is 4. The molecule has 0 spiro atoms. The average molecular weight is 245 g/mol. The highest BCUT2D eigenvalue weighted by Gasteiger charge is 2.16. The van der Waals surface area contributed by atoms with E-state index in [1.165, 1.54) is 6.92 Å². The van der Waals surface area contributed by atoms with Gasteiger partial charge in [-0.05, 0) is 19.8 Å². The lowest BCUT2D eigenvalue weighted by atomic mass is 10.2. The van der Waals surface area contributed by atoms with Crippen LogP contribution >= 0.6 is 0 Å². The molecule has 0 bridgehead atoms. The Kier molecular flexibility index (Phi) is 5.93. The molecule has 1 amide bonds. The smallest absolute Gasteiger partial charge is 0.325 e. The molecule has 0 radical (unpaired) electrons. The van der Waals surface area contributed by atoms with Crippen molar-refractivity contribution in [3.05, 3.63) is 0 Å². The van der Waals surface area contributed by atoms with Crippen molar-refractivity contribution >= 4 is 11.9 Å². The minimum Gasteiger partial charge on any atom is -0.480 e. The third kappa shape index (κ3) is 5.65. The van der Waals surface area contributed by atoms with Gasteiger partial charge in [-0.3, -0.25) is 9.59 Å². The summed E-state index contributed by atoms with van der Waals surface area (Å²) in [4.78, 5) is 21.7. The molecule has 1 saturated heterocycles. The van der Waals surface area contributed by atoms with E-state index in [-0.39, 0.29) is 25.0 Å². The van der Waals surface area contributed by atoms with E-state index >= 15 is 0 Å². The van der Waals surface area contributed by atoms with Gasteiger partial charge in [-0.1, -0.05) is 0 Å². The van der Waals surface area contributed by atoms with Gasteiger partial charge < -0.3 is 19.9 Å². The van der Waals surface area contributed by atoms with Gasteiger partial charge >= 0.3 is 5.97 Å². The van der Waals surface area contributed by atoms with Gasteiger partial charge in [0, 0.05) is 13.0 Å². The molecule has 0 aliphatic carbocycles. The van der Waals surface area contributed by atoms with E-state index in [1.54, 1.807) is 0 Å². The summed E-state index contributed by atoms with van der Waals surface area (Å²) in [5.41, 5.74) is 0. The monoisotopic (exact) mass is 245 g/mol. The molecular weight excluding hydrogens is 226 g/mol. The molecule has 98 valence electrons. The van der Waals surface area contributed by atoms with Crippen molar-refractivity contribution in [2.75, 3.05) is 19.8 Å². The Hall–Kier alpha value is -1.14. The first-order valence-corrected chi connectivity index (χ1v) is 5.81. The molecule has 6 nitrogen and oxygen atoms in total. The molecule has 0 aromatic rings. The number of aliphatic carboxylic acids is 1. The van der Waals surface area contributed by atoms with E-state index in [2.05, 4.69) is 5.32 Å². The maximum atomic E-state index is 11.3. The molecule has 1 rings (SSSR count). The largest absolute Gasteiger partial charge is 0.480 e. The Morgan fingerprint density at radius 3 is 2.94 bits per heavy atom. The third-order valence-corrected chi connectivity index (χ3v) is 2.55. The van der Waals surface area contributed by atoms with Crippen LogP contribution in [0.15, 0.2) is 0 Å². The van der Waals surface area contributed by atoms with Crippen molar-refractivity contribution in [2.24, 2.45) is 0 Å². The number of carboxylic acid groups (broad SMARTS) is 1. The normalized spacial score (nSPS) is 21.1. The molecule has 2 atom stereocenters. The fraction of sp³-hybridized carbons (Fsp3) is 0.818. The number of nitrogens with one attached hydrogen (secondary N) is 1. The van der Waals surface area contributed by atoms with E-state index in [0.717, 1.165) is 19.4 Å². The number of carbonyl (C=O) groups is 2. The Morgan fingerprint density at radius 2 is 2.35 bits per heavy atom. The lowest BCUT2D eigenvalue weighted by Gasteiger charge is -2.11. The van der Waals surface area contributed by atoms with Crippen LogP contribution in [-0.2, 0) is 19.1 Å². The summed E-state index contributed by atoms with van der Waals surface area (Å²) in [6.45, 7) is 3.00. The number of carbonyl (C=O) groups excluding carboxylic acids is 1. The predicted molar refractivity (Wildman–Crippen MR) is 59.7 cm³/mol. The summed E-state index contributed by atoms with van der Waals surface area (Å²) in [6, 6.07) is -0.860. The van der Waals surface area contributed by atoms with E-state index in [4.69, 9.17) is 14.6 Å². The van der Waals surface area contributed by atoms with Crippen molar-refractivity contribution in [3.63, 3.8) is 0 Å². The Morgan fingerprint density at radius 1 is 1.59 bits per heavy atom. The van der Waals surface area contributed by atoms with E-state index in [1.807, 2.05) is 0 Å². The van der Waals surface area contributed by atoms with Crippen molar-refractivity contribution in [2.45, 2.75) is 38.3 Å². The topological polar surface area (TPSA) is 84.9 Å². The lowest BCUT2D eigenvalue weighted by Crippen LogP contribution is -2.38. The van der Waals surface area contributed by atoms with Crippen LogP contribution in [0.1, 0.15) is 26.2 Å². The van der Waals surface area contributed by atoms with Crippen LogP contribution in [0.3, 0.4) is 0 Å². The van der Waals surface area contributed by atoms with Crippen LogP contribution in [0, 0.1) is 0 Å². The molecule has 2 N–H and O–H groups in total. The third-order valence-electron chi connectivity index (χ3n) is 2.55. The van der Waals surface area contributed by atoms with Gasteiger partial charge in [-0.25, -0.2) is 0 Å². The zero-order valence-corrected chi connectivity index (χ0v) is 9.98. The zero-order valence-electron chi connectivity index (χ0n) is 9.98. The van der Waals surface area contributed by atoms with Crippen molar-refractivity contribution in [3.8, 4) is 0 Å². The molecule has 0 saturated carbocycles. The first-order chi connectivity index (χ1) is 8.09. The van der Waals surface area contributed by atoms with Crippen LogP contribution in [0.25, 0.3) is 0 Å². The average Bonchev–Trinajstić information content (AvgIpc) is 2.77. The van der Waals surface area contributed by atoms with Gasteiger partial charge in [0.25, 0.3) is 0 Å². The molecule has 0 aromatic heterocycles. The Bertz CT molecular complexity index is 263. The van der Waals surface area contributed by atoms with Gasteiger partial charge in [0.2, 0.25) is 5.91 Å². The molecular formula is C11H19NO5. The van der Waals surface area contributed by atoms with Gasteiger partial charge in [0.1, 0.15) is 6.04 Å². The highest BCUT2D eigenvalue weighted by molar-refractivity contribution is 5.83. The molecule has 1 heterocycles. The lowest BCUT2D eigenvalue weighted by molar-refractivity contribution is -0.141. The molecule has 0 aromatic carbocycles. The standard InChI is InChI=1S/C11H19NO5/c1-8(11(14)15)12-10(13)4-6-16-7-9-3-2-5-17-9/h8-9H,2-7H2,1H3,(H,12,13)(H,14,15)/t8-,9?/m1/s1. The molecule has 6 heteroatoms. The highest BCUT2D eigenvalue weighted by Crippen LogP contribution is 2.11. The van der Waals surface area contributed by atoms with Crippen LogP contribution in [0.5, 0.6) is 0 Å². The molecule has 1 fully saturated rings. The van der Waals surface area contributed by atoms with Gasteiger partial charge in [0.05, 0.1) is 19.3 Å². The van der Waals surface area contributed by atoms with Crippen molar-refractivity contribution in [1.82, 2.24) is 5.32 Å². The predicted octanol–water partition coefficient (Wildman–Crippen LogP) is 0.161. The summed E-state index contributed by atoms with van der Waals surface area (Å²) < 4.78 is 10.6. The number of amides is 1. The summed E-state index contributed by atoms with van der Waals surface area (Å²) >= 11 is 0. The molecule has 1 aliphatic heterocycles. The van der Waals surface area contributed by atoms with Crippen molar-refractivity contribution < 1.29 is 24.2 Å². The summed E-state index contributed by atoms with van der Waals surface area (Å²) in [5, 5.41) is 10.9. The fourth-order valence-corrected chi connectivity index (χ4v) is 1.53. The SMILES string of the molecule is C[C@@H](NC(=O)CCOCC1CCCO1)C(=O)O. The summed E-state index contributed by atoms with van der Waals surface area (Å²) in [7, 11) is 0. The summed E-state index contributed by atoms with van der Waals surface area (Å²) in [6.07, 6.45) is 2.38. The second-order valence-corrected chi connectivity index (χ2v) is 4.09. The van der Waals surface area contributed by atoms with Crippen LogP contribution in [0.2, 0.25) is 0 Å². The van der Waals surface area contributed by atoms with E-state index < -0.39 is 12.0 Å². The first-order valence-electron chi connectivity index (χ1n) is 5.81. The zero-order chi connectivity index (χ0) is 12.7. The minimum atomic E-state index is -1.04. The first kappa shape index (κ1) is 13.9. The highest BCUT2D eigenvalue weighted by atomic mass is 16.5. The summed E-state index contributed by atoms with van der Waals surface area (Å²) in [5.74, 6) is -1.36. The van der Waals surface area contributed by atoms with Gasteiger partial charge in [-0.15, -0.1) is 0 Å². The van der Waals surface area contributed by atoms with Gasteiger partial charge in [-0.2, -0.15) is 0 Å². The number of hydrogen-bond donors (Lipinski definition) is 2. The van der Waals surface area contributed by atoms with Crippen LogP contribution in [0.4, 0.5) is 0 Å². The van der Waals surface area contributed by atoms with Crippen LogP contribution in [-0.4, -0.2) is 48.9 Å². The second kappa shape index (κ2) is 7.24. The van der Waals surface area contributed by atoms with Crippen LogP contribution < -0.4 is 5.32 Å². The van der Waals surface area contributed by atoms with E-state index in [9.17, 15) is 9.59 Å². The number of ether oxygens (including phenoxy) is 2. The molecule has 17 heavy (non-hydrogen) atoms. The number of rotatable bonds is 7. The second-order valence-electron chi connectivity index (χ2n) is 4.09. The molecule has 1 aliphatic rings. The quantitative estimate of drug-likeness (QED) is 0.624. The fourth-order valence-electron chi connectivity index (χ4n) is 1.53. The minimum absolute atomic E-state index is 0.149. The molecule has 1 unspecified atom stereocenters. The number of carboxylic acids is 1. The van der Waals surface area contributed by atoms with Crippen molar-refractivity contribution in [1.29, 1.82) is 0 Å². The maximum Gasteiger partial charge on any atom is 0.325 e. The maximum absolute atomic E-state index is 11.3. The van der Waals surface area contributed by atoms with E-state index in [0.29, 0.717) is 6.61 Å². The Balaban J connectivity index is 2.01. The Labute approximate surface area is 100 Å².